The number of unbranched alkanes of at least 4 members (excludes halogenated alkanes) is 2. The number of carbonyl (C=O) groups is 2. The van der Waals surface area contributed by atoms with Crippen molar-refractivity contribution in [3.63, 3.8) is 0 Å². The van der Waals surface area contributed by atoms with Crippen LogP contribution in [0, 0.1) is 94.3 Å². The van der Waals surface area contributed by atoms with Gasteiger partial charge < -0.3 is 9.13 Å². The molecule has 19 heteroatoms. The summed E-state index contributed by atoms with van der Waals surface area (Å²) < 4.78 is 80.3. The Balaban J connectivity index is 1.07. The number of nitriles is 4. The quantitative estimate of drug-likeness (QED) is 0.0524. The van der Waals surface area contributed by atoms with E-state index in [0.29, 0.717) is 11.8 Å². The SMILES string of the molecule is CCCCC(CC)Cn1c2c3sc(/C=C\C=C4/C(=O)c5cc(F)c(F)cc5C4=C(C#N)C#N)c(C)c3sc2c2c3nsnc3c3c4sc5c(C)c(/C=C\C=C6/C(=O)c7cc(F)c(F)cc7C6=C(C#N)C#N)sc5c4n(CC(CC)CCCC)c3c21. The van der Waals surface area contributed by atoms with Gasteiger partial charge in [-0.3, -0.25) is 9.59 Å². The molecule has 85 heavy (non-hydrogen) atoms. The second-order valence-electron chi connectivity index (χ2n) is 21.6. The number of aryl methyl sites for hydroxylation is 2. The van der Waals surface area contributed by atoms with Gasteiger partial charge in [-0.2, -0.15) is 29.8 Å². The molecule has 0 saturated carbocycles. The molecule has 12 rings (SSSR count). The lowest BCUT2D eigenvalue weighted by atomic mass is 9.99. The molecular formula is C66H50F4N8O2S5. The number of rotatable bonds is 16. The van der Waals surface area contributed by atoms with Crippen LogP contribution in [-0.4, -0.2) is 29.4 Å². The van der Waals surface area contributed by atoms with E-state index in [-0.39, 0.29) is 55.7 Å². The van der Waals surface area contributed by atoms with Gasteiger partial charge in [0.25, 0.3) is 0 Å². The van der Waals surface area contributed by atoms with Crippen molar-refractivity contribution in [2.45, 2.75) is 106 Å². The number of nitrogens with zero attached hydrogens (tertiary/aromatic N) is 8. The van der Waals surface area contributed by atoms with Gasteiger partial charge in [-0.25, -0.2) is 17.6 Å². The maximum absolute atomic E-state index is 14.6. The van der Waals surface area contributed by atoms with E-state index in [0.717, 1.165) is 182 Å². The number of thiophene rings is 4. The molecule has 0 N–H and O–H groups in total. The number of halogens is 4. The molecule has 0 spiro atoms. The van der Waals surface area contributed by atoms with Crippen molar-refractivity contribution in [3.8, 4) is 24.3 Å². The fraction of sp³-hybridized carbons (Fsp3) is 0.273. The normalized spacial score (nSPS) is 15.2. The second-order valence-corrected chi connectivity index (χ2v) is 26.3. The number of hydrogen-bond donors (Lipinski definition) is 0. The minimum absolute atomic E-state index is 0.00127. The molecule has 10 nitrogen and oxygen atoms in total. The van der Waals surface area contributed by atoms with Crippen LogP contribution < -0.4 is 0 Å². The fourth-order valence-electron chi connectivity index (χ4n) is 12.4. The fourth-order valence-corrected chi connectivity index (χ4v) is 18.6. The van der Waals surface area contributed by atoms with Gasteiger partial charge in [-0.1, -0.05) is 90.5 Å². The van der Waals surface area contributed by atoms with E-state index in [4.69, 9.17) is 8.75 Å². The Labute approximate surface area is 506 Å². The highest BCUT2D eigenvalue weighted by Gasteiger charge is 2.37. The molecule has 0 fully saturated rings. The van der Waals surface area contributed by atoms with Gasteiger partial charge in [0.15, 0.2) is 34.8 Å². The van der Waals surface area contributed by atoms with E-state index in [2.05, 4.69) is 50.7 Å². The van der Waals surface area contributed by atoms with Crippen LogP contribution in [0.25, 0.3) is 95.4 Å². The number of allylic oxidation sites excluding steroid dienone is 10. The highest BCUT2D eigenvalue weighted by molar-refractivity contribution is 7.34. The third-order valence-corrected chi connectivity index (χ3v) is 22.8. The molecule has 2 unspecified atom stereocenters. The van der Waals surface area contributed by atoms with Gasteiger partial charge in [-0.05, 0) is 97.2 Å². The molecule has 3 aromatic carbocycles. The molecule has 424 valence electrons. The van der Waals surface area contributed by atoms with Crippen LogP contribution in [0.4, 0.5) is 17.6 Å². The highest BCUT2D eigenvalue weighted by Crippen LogP contribution is 2.55. The summed E-state index contributed by atoms with van der Waals surface area (Å²) in [5.74, 6) is -5.29. The van der Waals surface area contributed by atoms with Crippen LogP contribution in [0.1, 0.15) is 132 Å². The molecule has 0 amide bonds. The molecule has 0 saturated heterocycles. The van der Waals surface area contributed by atoms with Crippen LogP contribution in [0.2, 0.25) is 0 Å². The van der Waals surface area contributed by atoms with Crippen LogP contribution in [0.5, 0.6) is 0 Å². The zero-order chi connectivity index (χ0) is 59.9. The summed E-state index contributed by atoms with van der Waals surface area (Å²) in [7, 11) is 0. The Morgan fingerprint density at radius 1 is 0.541 bits per heavy atom. The summed E-state index contributed by atoms with van der Waals surface area (Å²) in [5, 5.41) is 41.8. The maximum Gasteiger partial charge on any atom is 0.194 e. The predicted molar refractivity (Wildman–Crippen MR) is 338 cm³/mol. The van der Waals surface area contributed by atoms with Crippen molar-refractivity contribution in [1.29, 1.82) is 21.0 Å². The molecule has 0 radical (unpaired) electrons. The first-order valence-corrected chi connectivity index (χ1v) is 32.1. The van der Waals surface area contributed by atoms with Gasteiger partial charge in [-0.15, -0.1) is 45.3 Å². The molecular weight excluding hydrogens is 1170 g/mol. The molecule has 2 aliphatic rings. The standard InChI is InChI=1S/C66H50F4N8O2S5/c1-7-11-15-33(9-3)29-77-55-51(63-57(77)65-61(83-63)31(5)47(81-65)19-13-17-37-49(35(25-71)26-72)39-21-43(67)45(69)23-41(39)59(37)79)53-54(76-85-75-53)52-56(55)78(30-34(10-4)16-12-8-2)58-64(52)84-62-32(6)48(82-66(58)62)20-14-18-38-50(36(27-73)28-74)40-22-44(68)46(70)24-42(40)60(38)80/h13-14,17-24,33-34H,7-12,15-16,29-30H2,1-6H3/b19-13-,20-14-,37-17-,38-18-. The first-order valence-electron chi connectivity index (χ1n) is 28.1. The minimum Gasteiger partial charge on any atom is -0.337 e. The Kier molecular flexibility index (Phi) is 15.3. The summed E-state index contributed by atoms with van der Waals surface area (Å²) >= 11 is 7.99. The number of ketones is 2. The number of carbonyl (C=O) groups excluding carboxylic acids is 2. The molecule has 2 atom stereocenters. The Hall–Kier alpha value is -8.14. The summed E-state index contributed by atoms with van der Waals surface area (Å²) in [6.45, 7) is 14.7. The van der Waals surface area contributed by atoms with Crippen molar-refractivity contribution in [1.82, 2.24) is 17.9 Å². The Morgan fingerprint density at radius 2 is 0.918 bits per heavy atom. The van der Waals surface area contributed by atoms with E-state index in [9.17, 15) is 48.2 Å². The van der Waals surface area contributed by atoms with Crippen molar-refractivity contribution in [2.24, 2.45) is 11.8 Å². The average molecular weight is 1220 g/mol. The second kappa shape index (κ2) is 22.7. The van der Waals surface area contributed by atoms with E-state index in [1.807, 2.05) is 36.4 Å². The molecule has 7 heterocycles. The molecule has 2 aliphatic carbocycles. The van der Waals surface area contributed by atoms with E-state index >= 15 is 0 Å². The molecule has 0 bridgehead atoms. The number of aromatic nitrogens is 4. The van der Waals surface area contributed by atoms with Crippen LogP contribution in [0.3, 0.4) is 0 Å². The first-order chi connectivity index (χ1) is 41.2. The summed E-state index contributed by atoms with van der Waals surface area (Å²) in [5.41, 5.74) is 7.26. The zero-order valence-electron chi connectivity index (χ0n) is 46.9. The number of fused-ring (bicyclic) bond motifs is 16. The smallest absolute Gasteiger partial charge is 0.194 e. The lowest BCUT2D eigenvalue weighted by Gasteiger charge is -2.20. The third kappa shape index (κ3) is 9.05. The van der Waals surface area contributed by atoms with E-state index in [1.54, 1.807) is 57.5 Å². The van der Waals surface area contributed by atoms with Crippen LogP contribution in [0.15, 0.2) is 70.9 Å². The topological polar surface area (TPSA) is 165 Å². The van der Waals surface area contributed by atoms with Crippen molar-refractivity contribution in [3.05, 3.63) is 137 Å². The minimum atomic E-state index is -1.20. The largest absolute Gasteiger partial charge is 0.337 e. The summed E-state index contributed by atoms with van der Waals surface area (Å²) in [6, 6.07) is 10.7. The lowest BCUT2D eigenvalue weighted by molar-refractivity contribution is 0.103. The number of Topliss-reactive ketones (excluding diaryl/α,β-unsaturated/α-hetero) is 2. The van der Waals surface area contributed by atoms with Gasteiger partial charge >= 0.3 is 0 Å². The summed E-state index contributed by atoms with van der Waals surface area (Å²) in [4.78, 5) is 29.4. The van der Waals surface area contributed by atoms with Crippen LogP contribution >= 0.6 is 57.1 Å². The monoisotopic (exact) mass is 1220 g/mol. The van der Waals surface area contributed by atoms with Crippen molar-refractivity contribution < 1.29 is 27.2 Å². The van der Waals surface area contributed by atoms with Crippen molar-refractivity contribution >= 4 is 164 Å². The maximum atomic E-state index is 14.6. The zero-order valence-corrected chi connectivity index (χ0v) is 51.0. The lowest BCUT2D eigenvalue weighted by Crippen LogP contribution is -2.13. The highest BCUT2D eigenvalue weighted by atomic mass is 32.1. The van der Waals surface area contributed by atoms with E-state index < -0.39 is 34.8 Å². The summed E-state index contributed by atoms with van der Waals surface area (Å²) in [6.07, 6.45) is 18.6. The Morgan fingerprint density at radius 3 is 1.27 bits per heavy atom. The van der Waals surface area contributed by atoms with Gasteiger partial charge in [0, 0.05) is 67.0 Å². The molecule has 0 aliphatic heterocycles. The Bertz CT molecular complexity index is 4630. The molecule has 7 aromatic heterocycles. The van der Waals surface area contributed by atoms with Crippen LogP contribution in [-0.2, 0) is 13.1 Å². The van der Waals surface area contributed by atoms with Gasteiger partial charge in [0.1, 0.15) is 46.5 Å². The van der Waals surface area contributed by atoms with E-state index in [1.165, 1.54) is 23.9 Å². The third-order valence-electron chi connectivity index (χ3n) is 16.8. The number of benzene rings is 3. The number of hydrogen-bond acceptors (Lipinski definition) is 13. The van der Waals surface area contributed by atoms with Gasteiger partial charge in [0.05, 0.1) is 62.0 Å². The average Bonchev–Trinajstić information content (AvgIpc) is 1.53. The van der Waals surface area contributed by atoms with Gasteiger partial charge in [0.2, 0.25) is 0 Å². The predicted octanol–water partition coefficient (Wildman–Crippen LogP) is 19.3. The first kappa shape index (κ1) is 57.3. The van der Waals surface area contributed by atoms with Crippen molar-refractivity contribution in [2.75, 3.05) is 0 Å². The molecule has 10 aromatic rings.